The lowest BCUT2D eigenvalue weighted by Gasteiger charge is -2.34. The van der Waals surface area contributed by atoms with Gasteiger partial charge in [-0.25, -0.2) is 0 Å². The molecule has 0 saturated carbocycles. The molecule has 0 saturated heterocycles. The van der Waals surface area contributed by atoms with Gasteiger partial charge in [-0.1, -0.05) is 139 Å². The molecule has 1 atom stereocenters. The van der Waals surface area contributed by atoms with E-state index in [1.807, 2.05) is 84.9 Å². The highest BCUT2D eigenvalue weighted by Gasteiger charge is 2.45. The number of aliphatic hydroxyl groups excluding tert-OH is 1. The number of fused-ring (bicyclic) bond motifs is 3. The number of furan rings is 1. The molecule has 4 heteroatoms. The largest absolute Gasteiger partial charge is 0.497 e. The van der Waals surface area contributed by atoms with Gasteiger partial charge >= 0.3 is 0 Å². The first kappa shape index (κ1) is 33.2. The Morgan fingerprint density at radius 1 is 0.537 bits per heavy atom. The zero-order valence-electron chi connectivity index (χ0n) is 30.1. The van der Waals surface area contributed by atoms with Gasteiger partial charge in [0.15, 0.2) is 0 Å². The van der Waals surface area contributed by atoms with Crippen molar-refractivity contribution in [3.05, 3.63) is 221 Å². The normalized spacial score (nSPS) is 13.2. The van der Waals surface area contributed by atoms with Crippen LogP contribution in [0.3, 0.4) is 0 Å². The first-order valence-electron chi connectivity index (χ1n) is 18.2. The molecule has 54 heavy (non-hydrogen) atoms. The van der Waals surface area contributed by atoms with Crippen molar-refractivity contribution < 1.29 is 19.0 Å². The Labute approximate surface area is 315 Å². The molecule has 9 rings (SSSR count). The summed E-state index contributed by atoms with van der Waals surface area (Å²) in [6.45, 7) is 2.07. The third-order valence-electron chi connectivity index (χ3n) is 10.6. The Bertz CT molecular complexity index is 2520. The summed E-state index contributed by atoms with van der Waals surface area (Å²) in [5, 5.41) is 11.9. The summed E-state index contributed by atoms with van der Waals surface area (Å²) in [5.41, 5.74) is 11.4. The molecule has 0 bridgehead atoms. The van der Waals surface area contributed by atoms with E-state index in [9.17, 15) is 5.11 Å². The lowest BCUT2D eigenvalue weighted by atomic mass is 9.68. The smallest absolute Gasteiger partial charge is 0.140 e. The Kier molecular flexibility index (Phi) is 8.45. The number of hydrogen-bond donors (Lipinski definition) is 1. The molecular formula is C50H38O4. The van der Waals surface area contributed by atoms with E-state index in [2.05, 4.69) is 104 Å². The van der Waals surface area contributed by atoms with Crippen molar-refractivity contribution in [1.82, 2.24) is 0 Å². The molecule has 1 heterocycles. The van der Waals surface area contributed by atoms with Gasteiger partial charge in [0.1, 0.15) is 34.9 Å². The molecule has 7 aromatic carbocycles. The quantitative estimate of drug-likeness (QED) is 0.163. The standard InChI is InChI=1S/C50H38O4/c1-33-16-18-34(19-17-33)36-20-29-47(43(32-36)49(51)48-31-30-46(54-48)35-10-4-3-5-11-35)53-40-27-23-38(24-28-40)50(37-21-25-39(52-2)26-22-37)44-14-8-6-12-41(44)42-13-7-9-15-45(42)50/h3-32,49,51H,1-2H3. The maximum absolute atomic E-state index is 11.9. The lowest BCUT2D eigenvalue weighted by Crippen LogP contribution is -2.28. The van der Waals surface area contributed by atoms with Gasteiger partial charge < -0.3 is 19.0 Å². The third-order valence-corrected chi connectivity index (χ3v) is 10.6. The predicted octanol–water partition coefficient (Wildman–Crippen LogP) is 12.2. The van der Waals surface area contributed by atoms with E-state index in [0.717, 1.165) is 33.6 Å². The molecular weight excluding hydrogens is 665 g/mol. The fourth-order valence-electron chi connectivity index (χ4n) is 7.96. The van der Waals surface area contributed by atoms with Crippen LogP contribution in [-0.2, 0) is 5.41 Å². The van der Waals surface area contributed by atoms with Crippen molar-refractivity contribution in [2.24, 2.45) is 0 Å². The topological polar surface area (TPSA) is 51.8 Å². The number of methoxy groups -OCH3 is 1. The van der Waals surface area contributed by atoms with E-state index in [4.69, 9.17) is 13.9 Å². The number of ether oxygens (including phenoxy) is 2. The van der Waals surface area contributed by atoms with Gasteiger partial charge in [-0.15, -0.1) is 0 Å². The Balaban J connectivity index is 1.12. The molecule has 1 N–H and O–H groups in total. The zero-order valence-corrected chi connectivity index (χ0v) is 30.1. The first-order valence-corrected chi connectivity index (χ1v) is 18.2. The van der Waals surface area contributed by atoms with Crippen LogP contribution in [0.4, 0.5) is 0 Å². The lowest BCUT2D eigenvalue weighted by molar-refractivity contribution is 0.187. The van der Waals surface area contributed by atoms with Crippen LogP contribution in [-0.4, -0.2) is 12.2 Å². The van der Waals surface area contributed by atoms with Gasteiger partial charge in [0.05, 0.1) is 12.5 Å². The fourth-order valence-corrected chi connectivity index (χ4v) is 7.96. The van der Waals surface area contributed by atoms with Gasteiger partial charge in [-0.2, -0.15) is 0 Å². The third kappa shape index (κ3) is 5.69. The number of rotatable bonds is 9. The van der Waals surface area contributed by atoms with Crippen LogP contribution in [0.15, 0.2) is 186 Å². The Morgan fingerprint density at radius 3 is 1.74 bits per heavy atom. The highest BCUT2D eigenvalue weighted by atomic mass is 16.5. The molecule has 1 aliphatic carbocycles. The maximum atomic E-state index is 11.9. The minimum atomic E-state index is -1.06. The molecule has 1 unspecified atom stereocenters. The zero-order chi connectivity index (χ0) is 36.6. The monoisotopic (exact) mass is 702 g/mol. The van der Waals surface area contributed by atoms with Crippen molar-refractivity contribution in [3.8, 4) is 50.8 Å². The van der Waals surface area contributed by atoms with Crippen LogP contribution < -0.4 is 9.47 Å². The van der Waals surface area contributed by atoms with Crippen LogP contribution in [0.1, 0.15) is 45.2 Å². The van der Waals surface area contributed by atoms with Crippen LogP contribution in [0, 0.1) is 6.92 Å². The van der Waals surface area contributed by atoms with Crippen molar-refractivity contribution in [2.45, 2.75) is 18.4 Å². The summed E-state index contributed by atoms with van der Waals surface area (Å²) < 4.78 is 18.5. The van der Waals surface area contributed by atoms with Crippen LogP contribution in [0.25, 0.3) is 33.6 Å². The average Bonchev–Trinajstić information content (AvgIpc) is 3.85. The summed E-state index contributed by atoms with van der Waals surface area (Å²) in [6, 6.07) is 62.1. The number of aliphatic hydroxyl groups is 1. The summed E-state index contributed by atoms with van der Waals surface area (Å²) in [7, 11) is 1.70. The van der Waals surface area contributed by atoms with E-state index < -0.39 is 11.5 Å². The number of benzene rings is 7. The first-order chi connectivity index (χ1) is 26.5. The molecule has 0 spiro atoms. The summed E-state index contributed by atoms with van der Waals surface area (Å²) >= 11 is 0. The number of hydrogen-bond acceptors (Lipinski definition) is 4. The molecule has 8 aromatic rings. The van der Waals surface area contributed by atoms with Gasteiger partial charge in [0.25, 0.3) is 0 Å². The average molecular weight is 703 g/mol. The summed E-state index contributed by atoms with van der Waals surface area (Å²) in [4.78, 5) is 0. The Hall–Kier alpha value is -6.62. The van der Waals surface area contributed by atoms with E-state index in [0.29, 0.717) is 28.6 Å². The van der Waals surface area contributed by atoms with Gasteiger partial charge in [0, 0.05) is 11.1 Å². The van der Waals surface area contributed by atoms with Gasteiger partial charge in [0.2, 0.25) is 0 Å². The second-order valence-electron chi connectivity index (χ2n) is 13.8. The van der Waals surface area contributed by atoms with Crippen LogP contribution in [0.2, 0.25) is 0 Å². The molecule has 1 aliphatic rings. The second kappa shape index (κ2) is 13.7. The van der Waals surface area contributed by atoms with E-state index in [1.165, 1.54) is 27.8 Å². The molecule has 0 fully saturated rings. The predicted molar refractivity (Wildman–Crippen MR) is 215 cm³/mol. The fraction of sp³-hybridized carbons (Fsp3) is 0.0800. The molecule has 0 radical (unpaired) electrons. The summed E-state index contributed by atoms with van der Waals surface area (Å²) in [6.07, 6.45) is -1.06. The van der Waals surface area contributed by atoms with Crippen molar-refractivity contribution in [1.29, 1.82) is 0 Å². The Morgan fingerprint density at radius 2 is 1.11 bits per heavy atom. The van der Waals surface area contributed by atoms with Crippen molar-refractivity contribution >= 4 is 0 Å². The minimum absolute atomic E-state index is 0.440. The van der Waals surface area contributed by atoms with Crippen molar-refractivity contribution in [2.75, 3.05) is 7.11 Å². The molecule has 0 aliphatic heterocycles. The molecule has 4 nitrogen and oxygen atoms in total. The van der Waals surface area contributed by atoms with E-state index >= 15 is 0 Å². The SMILES string of the molecule is COc1ccc(C2(c3ccc(Oc4ccc(-c5ccc(C)cc5)cc4C(O)c4ccc(-c5ccccc5)o4)cc3)c3ccccc3-c3ccccc32)cc1. The number of aryl methyl sites for hydroxylation is 1. The second-order valence-corrected chi connectivity index (χ2v) is 13.8. The van der Waals surface area contributed by atoms with Crippen LogP contribution >= 0.6 is 0 Å². The minimum Gasteiger partial charge on any atom is -0.497 e. The maximum Gasteiger partial charge on any atom is 0.140 e. The van der Waals surface area contributed by atoms with E-state index in [-0.39, 0.29) is 0 Å². The van der Waals surface area contributed by atoms with Crippen LogP contribution in [0.5, 0.6) is 17.2 Å². The summed E-state index contributed by atoms with van der Waals surface area (Å²) in [5.74, 6) is 3.15. The molecule has 0 amide bonds. The highest BCUT2D eigenvalue weighted by Crippen LogP contribution is 2.56. The van der Waals surface area contributed by atoms with Gasteiger partial charge in [-0.05, 0) is 100.0 Å². The molecule has 1 aromatic heterocycles. The van der Waals surface area contributed by atoms with Crippen molar-refractivity contribution in [3.63, 3.8) is 0 Å². The highest BCUT2D eigenvalue weighted by molar-refractivity contribution is 5.86. The van der Waals surface area contributed by atoms with E-state index in [1.54, 1.807) is 7.11 Å². The molecule has 262 valence electrons. The van der Waals surface area contributed by atoms with Gasteiger partial charge in [-0.3, -0.25) is 0 Å².